The van der Waals surface area contributed by atoms with E-state index in [0.29, 0.717) is 42.0 Å². The van der Waals surface area contributed by atoms with E-state index in [-0.39, 0.29) is 32.1 Å². The van der Waals surface area contributed by atoms with Crippen LogP contribution in [0.25, 0.3) is 0 Å². The zero-order chi connectivity index (χ0) is 33.4. The highest BCUT2D eigenvalue weighted by molar-refractivity contribution is 5.97. The summed E-state index contributed by atoms with van der Waals surface area (Å²) in [5.74, 6) is -2.46. The number of imidazole rings is 1. The number of benzene rings is 2. The summed E-state index contributed by atoms with van der Waals surface area (Å²) >= 11 is 0. The fraction of sp³-hybridized carbons (Fsp3) is 0.485. The van der Waals surface area contributed by atoms with Gasteiger partial charge in [-0.05, 0) is 69.0 Å². The van der Waals surface area contributed by atoms with E-state index in [2.05, 4.69) is 10.3 Å². The van der Waals surface area contributed by atoms with Gasteiger partial charge in [0.15, 0.2) is 0 Å². The van der Waals surface area contributed by atoms with Crippen molar-refractivity contribution in [1.82, 2.24) is 14.5 Å². The van der Waals surface area contributed by atoms with Crippen LogP contribution < -0.4 is 15.0 Å². The van der Waals surface area contributed by atoms with E-state index in [1.807, 2.05) is 25.7 Å². The Hall–Kier alpha value is -4.13. The number of hydrogen-bond donors (Lipinski definition) is 2. The van der Waals surface area contributed by atoms with Crippen LogP contribution in [0.1, 0.15) is 56.2 Å². The molecule has 46 heavy (non-hydrogen) atoms. The molecule has 0 aliphatic carbocycles. The van der Waals surface area contributed by atoms with Crippen LogP contribution in [0.3, 0.4) is 0 Å². The number of carboxylic acids is 1. The molecule has 248 valence electrons. The number of carbonyl (C=O) groups is 2. The molecule has 2 fully saturated rings. The maximum atomic E-state index is 17.0. The second kappa shape index (κ2) is 12.6. The van der Waals surface area contributed by atoms with Gasteiger partial charge in [-0.2, -0.15) is 13.2 Å². The van der Waals surface area contributed by atoms with Crippen LogP contribution in [-0.2, 0) is 22.3 Å². The lowest BCUT2D eigenvalue weighted by atomic mass is 9.85. The number of methoxy groups -OCH3 is 1. The summed E-state index contributed by atoms with van der Waals surface area (Å²) in [7, 11) is 1.54. The highest BCUT2D eigenvalue weighted by atomic mass is 19.4. The maximum Gasteiger partial charge on any atom is 0.416 e. The van der Waals surface area contributed by atoms with Crippen LogP contribution >= 0.6 is 0 Å². The fourth-order valence-corrected chi connectivity index (χ4v) is 6.25. The van der Waals surface area contributed by atoms with Crippen molar-refractivity contribution in [3.8, 4) is 5.75 Å². The third-order valence-corrected chi connectivity index (χ3v) is 9.10. The van der Waals surface area contributed by atoms with Crippen LogP contribution in [0.2, 0.25) is 0 Å². The Balaban J connectivity index is 1.41. The molecule has 0 saturated carbocycles. The van der Waals surface area contributed by atoms with Gasteiger partial charge in [0.2, 0.25) is 11.6 Å². The Morgan fingerprint density at radius 2 is 1.76 bits per heavy atom. The van der Waals surface area contributed by atoms with Gasteiger partial charge in [-0.15, -0.1) is 0 Å². The van der Waals surface area contributed by atoms with Gasteiger partial charge < -0.3 is 19.3 Å². The summed E-state index contributed by atoms with van der Waals surface area (Å²) in [5.41, 5.74) is -2.06. The van der Waals surface area contributed by atoms with Gasteiger partial charge >= 0.3 is 12.1 Å². The number of likely N-dealkylation sites (tertiary alicyclic amines) is 1. The van der Waals surface area contributed by atoms with Crippen molar-refractivity contribution in [3.05, 3.63) is 71.5 Å². The number of aliphatic carboxylic acids is 1. The van der Waals surface area contributed by atoms with Gasteiger partial charge in [-0.3, -0.25) is 19.8 Å². The monoisotopic (exact) mass is 645 g/mol. The third kappa shape index (κ3) is 6.84. The van der Waals surface area contributed by atoms with Crippen LogP contribution in [0.5, 0.6) is 5.75 Å². The molecule has 2 saturated heterocycles. The molecule has 2 aliphatic heterocycles. The number of nitrogens with one attached hydrogen (secondary N) is 1. The molecule has 5 rings (SSSR count). The van der Waals surface area contributed by atoms with Gasteiger partial charge in [-0.1, -0.05) is 18.2 Å². The molecule has 0 spiro atoms. The predicted molar refractivity (Wildman–Crippen MR) is 165 cm³/mol. The summed E-state index contributed by atoms with van der Waals surface area (Å²) in [5, 5.41) is 12.0. The summed E-state index contributed by atoms with van der Waals surface area (Å²) in [6.45, 7) is 6.63. The average molecular weight is 646 g/mol. The minimum atomic E-state index is -4.57. The van der Waals surface area contributed by atoms with Crippen molar-refractivity contribution in [2.24, 2.45) is 5.92 Å². The number of halogens is 4. The molecule has 2 aromatic carbocycles. The standard InChI is InChI=1S/C33H39F4N5O4/c1-31(2,3)42-19-26(21-6-9-25(46-4)10-7-21)32(34,20-42)29(45)39-30-38-13-16-41(30)18-23-5-8-24(33(35,36)37)17-27(23)40-14-11-22(12-15-40)28(43)44/h5-10,13,16-17,22,26H,11-12,14-15,18-20H2,1-4H3,(H,43,44)(H,38,39,45)/t26-,32-/m0/s1. The van der Waals surface area contributed by atoms with Crippen LogP contribution in [-0.4, -0.2) is 75.9 Å². The van der Waals surface area contributed by atoms with Crippen LogP contribution in [0.4, 0.5) is 29.2 Å². The van der Waals surface area contributed by atoms with E-state index < -0.39 is 46.7 Å². The summed E-state index contributed by atoms with van der Waals surface area (Å²) in [6.07, 6.45) is -0.970. The van der Waals surface area contributed by atoms with Crippen molar-refractivity contribution in [2.45, 2.75) is 63.5 Å². The lowest BCUT2D eigenvalue weighted by Gasteiger charge is -2.34. The molecule has 2 atom stereocenters. The number of aromatic nitrogens is 2. The second-order valence-electron chi connectivity index (χ2n) is 13.0. The van der Waals surface area contributed by atoms with Gasteiger partial charge in [-0.25, -0.2) is 9.37 Å². The molecule has 9 nitrogen and oxygen atoms in total. The first kappa shape index (κ1) is 33.2. The Bertz CT molecular complexity index is 1560. The highest BCUT2D eigenvalue weighted by Crippen LogP contribution is 2.43. The Morgan fingerprint density at radius 1 is 1.09 bits per heavy atom. The van der Waals surface area contributed by atoms with E-state index >= 15 is 4.39 Å². The molecule has 0 radical (unpaired) electrons. The zero-order valence-electron chi connectivity index (χ0n) is 26.3. The SMILES string of the molecule is COc1ccc([C@@H]2CN(C(C)(C)C)C[C@@]2(F)C(=O)Nc2nccn2Cc2ccc(C(F)(F)F)cc2N2CCC(C(=O)O)CC2)cc1. The molecule has 13 heteroatoms. The number of nitrogens with zero attached hydrogens (tertiary/aromatic N) is 4. The first-order chi connectivity index (χ1) is 21.6. The number of amides is 1. The number of piperidine rings is 1. The minimum absolute atomic E-state index is 0.0389. The average Bonchev–Trinajstić information content (AvgIpc) is 3.61. The number of hydrogen-bond acceptors (Lipinski definition) is 6. The molecule has 2 N–H and O–H groups in total. The third-order valence-electron chi connectivity index (χ3n) is 9.10. The number of ether oxygens (including phenoxy) is 1. The Labute approximate surface area is 265 Å². The summed E-state index contributed by atoms with van der Waals surface area (Å²) in [6, 6.07) is 10.4. The largest absolute Gasteiger partial charge is 0.497 e. The minimum Gasteiger partial charge on any atom is -0.497 e. The van der Waals surface area contributed by atoms with Crippen LogP contribution in [0, 0.1) is 5.92 Å². The zero-order valence-corrected chi connectivity index (χ0v) is 26.3. The number of alkyl halides is 4. The number of rotatable bonds is 8. The maximum absolute atomic E-state index is 17.0. The van der Waals surface area contributed by atoms with E-state index in [4.69, 9.17) is 4.74 Å². The quantitative estimate of drug-likeness (QED) is 0.299. The molecule has 3 heterocycles. The van der Waals surface area contributed by atoms with Crippen LogP contribution in [0.15, 0.2) is 54.9 Å². The number of anilines is 2. The topological polar surface area (TPSA) is 99.9 Å². The van der Waals surface area contributed by atoms with Crippen molar-refractivity contribution < 1.29 is 37.0 Å². The number of carboxylic acid groups (broad SMARTS) is 1. The summed E-state index contributed by atoms with van der Waals surface area (Å²) < 4.78 is 64.9. The smallest absolute Gasteiger partial charge is 0.416 e. The second-order valence-corrected chi connectivity index (χ2v) is 13.0. The fourth-order valence-electron chi connectivity index (χ4n) is 6.25. The van der Waals surface area contributed by atoms with E-state index in [1.54, 1.807) is 39.9 Å². The van der Waals surface area contributed by atoms with Crippen molar-refractivity contribution in [3.63, 3.8) is 0 Å². The van der Waals surface area contributed by atoms with Crippen molar-refractivity contribution in [2.75, 3.05) is 43.5 Å². The molecule has 3 aromatic rings. The van der Waals surface area contributed by atoms with Crippen molar-refractivity contribution >= 4 is 23.5 Å². The first-order valence-corrected chi connectivity index (χ1v) is 15.2. The van der Waals surface area contributed by atoms with Gasteiger partial charge in [0, 0.05) is 55.7 Å². The van der Waals surface area contributed by atoms with Gasteiger partial charge in [0.25, 0.3) is 5.91 Å². The number of carbonyl (C=O) groups excluding carboxylic acids is 1. The summed E-state index contributed by atoms with van der Waals surface area (Å²) in [4.78, 5) is 33.2. The Kier molecular flexibility index (Phi) is 9.09. The lowest BCUT2D eigenvalue weighted by molar-refractivity contribution is -0.142. The molecule has 0 bridgehead atoms. The molecule has 1 aromatic heterocycles. The van der Waals surface area contributed by atoms with E-state index in [1.165, 1.54) is 19.4 Å². The van der Waals surface area contributed by atoms with E-state index in [0.717, 1.165) is 12.1 Å². The molecular weight excluding hydrogens is 606 g/mol. The molecule has 1 amide bonds. The molecule has 2 aliphatic rings. The molecule has 0 unspecified atom stereocenters. The molecular formula is C33H39F4N5O4. The lowest BCUT2D eigenvalue weighted by Crippen LogP contribution is -2.47. The van der Waals surface area contributed by atoms with E-state index in [9.17, 15) is 27.9 Å². The Morgan fingerprint density at radius 3 is 2.35 bits per heavy atom. The van der Waals surface area contributed by atoms with Gasteiger partial charge in [0.05, 0.1) is 25.1 Å². The normalized spacial score (nSPS) is 21.4. The highest BCUT2D eigenvalue weighted by Gasteiger charge is 2.55. The van der Waals surface area contributed by atoms with Crippen molar-refractivity contribution in [1.29, 1.82) is 0 Å². The predicted octanol–water partition coefficient (Wildman–Crippen LogP) is 5.80. The first-order valence-electron chi connectivity index (χ1n) is 15.2. The van der Waals surface area contributed by atoms with Gasteiger partial charge in [0.1, 0.15) is 5.75 Å².